The van der Waals surface area contributed by atoms with Crippen molar-refractivity contribution < 1.29 is 9.32 Å². The van der Waals surface area contributed by atoms with Crippen LogP contribution in [0.15, 0.2) is 28.8 Å². The minimum absolute atomic E-state index is 0.222. The summed E-state index contributed by atoms with van der Waals surface area (Å²) >= 11 is 0. The number of carbonyl (C=O) groups excluding carboxylic acids is 1. The molecule has 0 spiro atoms. The Morgan fingerprint density at radius 1 is 1.33 bits per heavy atom. The van der Waals surface area contributed by atoms with Gasteiger partial charge in [0.15, 0.2) is 0 Å². The van der Waals surface area contributed by atoms with E-state index < -0.39 is 0 Å². The van der Waals surface area contributed by atoms with Crippen LogP contribution in [0.25, 0.3) is 11.4 Å². The lowest BCUT2D eigenvalue weighted by Crippen LogP contribution is -2.28. The lowest BCUT2D eigenvalue weighted by molar-refractivity contribution is 0.252. The molecule has 0 saturated heterocycles. The number of carbonyl (C=O) groups is 1. The van der Waals surface area contributed by atoms with Crippen molar-refractivity contribution in [2.75, 3.05) is 11.9 Å². The van der Waals surface area contributed by atoms with Crippen molar-refractivity contribution in [2.24, 2.45) is 0 Å². The number of amides is 2. The molecular formula is C12H14N4O2. The van der Waals surface area contributed by atoms with Crippen LogP contribution < -0.4 is 10.6 Å². The van der Waals surface area contributed by atoms with E-state index in [0.29, 0.717) is 23.9 Å². The molecule has 0 aliphatic carbocycles. The third-order valence-electron chi connectivity index (χ3n) is 2.27. The minimum Gasteiger partial charge on any atom is -0.339 e. The van der Waals surface area contributed by atoms with E-state index in [0.717, 1.165) is 5.56 Å². The van der Waals surface area contributed by atoms with Gasteiger partial charge in [0.2, 0.25) is 11.7 Å². The standard InChI is InChI=1S/C12H14N4O2/c1-3-13-12(17)15-10-6-4-9(5-7-10)11-14-8(2)18-16-11/h4-7H,3H2,1-2H3,(H2,13,15,17). The van der Waals surface area contributed by atoms with E-state index in [4.69, 9.17) is 4.52 Å². The van der Waals surface area contributed by atoms with Gasteiger partial charge in [-0.05, 0) is 31.2 Å². The Balaban J connectivity index is 2.08. The number of hydrogen-bond acceptors (Lipinski definition) is 4. The van der Waals surface area contributed by atoms with Crippen LogP contribution in [0, 0.1) is 6.92 Å². The Morgan fingerprint density at radius 3 is 2.61 bits per heavy atom. The molecule has 6 nitrogen and oxygen atoms in total. The van der Waals surface area contributed by atoms with Gasteiger partial charge in [0.05, 0.1) is 0 Å². The molecular weight excluding hydrogens is 232 g/mol. The molecule has 6 heteroatoms. The predicted octanol–water partition coefficient (Wildman–Crippen LogP) is 2.19. The van der Waals surface area contributed by atoms with Crippen LogP contribution >= 0.6 is 0 Å². The Kier molecular flexibility index (Phi) is 3.57. The number of anilines is 1. The lowest BCUT2D eigenvalue weighted by Gasteiger charge is -2.05. The number of rotatable bonds is 3. The molecule has 2 aromatic rings. The number of aryl methyl sites for hydroxylation is 1. The highest BCUT2D eigenvalue weighted by Gasteiger charge is 2.06. The topological polar surface area (TPSA) is 80.0 Å². The van der Waals surface area contributed by atoms with E-state index in [1.807, 2.05) is 19.1 Å². The predicted molar refractivity (Wildman–Crippen MR) is 67.2 cm³/mol. The first-order chi connectivity index (χ1) is 8.69. The molecule has 0 bridgehead atoms. The molecule has 94 valence electrons. The van der Waals surface area contributed by atoms with Crippen LogP contribution in [0.2, 0.25) is 0 Å². The molecule has 1 aromatic heterocycles. The van der Waals surface area contributed by atoms with Gasteiger partial charge < -0.3 is 15.2 Å². The Bertz CT molecular complexity index is 533. The second-order valence-electron chi connectivity index (χ2n) is 3.70. The molecule has 0 radical (unpaired) electrons. The smallest absolute Gasteiger partial charge is 0.319 e. The van der Waals surface area contributed by atoms with Gasteiger partial charge in [0.1, 0.15) is 0 Å². The summed E-state index contributed by atoms with van der Waals surface area (Å²) in [7, 11) is 0. The van der Waals surface area contributed by atoms with Crippen molar-refractivity contribution >= 4 is 11.7 Å². The number of urea groups is 1. The van der Waals surface area contributed by atoms with Crippen LogP contribution in [-0.4, -0.2) is 22.7 Å². The van der Waals surface area contributed by atoms with E-state index in [1.165, 1.54) is 0 Å². The zero-order valence-corrected chi connectivity index (χ0v) is 10.2. The SMILES string of the molecule is CCNC(=O)Nc1ccc(-c2noc(C)n2)cc1. The van der Waals surface area contributed by atoms with Crippen LogP contribution in [0.5, 0.6) is 0 Å². The highest BCUT2D eigenvalue weighted by molar-refractivity contribution is 5.89. The fourth-order valence-electron chi connectivity index (χ4n) is 1.45. The molecule has 1 aromatic carbocycles. The summed E-state index contributed by atoms with van der Waals surface area (Å²) in [5.74, 6) is 1.06. The monoisotopic (exact) mass is 246 g/mol. The maximum Gasteiger partial charge on any atom is 0.319 e. The summed E-state index contributed by atoms with van der Waals surface area (Å²) in [5.41, 5.74) is 1.55. The Hall–Kier alpha value is -2.37. The quantitative estimate of drug-likeness (QED) is 0.869. The summed E-state index contributed by atoms with van der Waals surface area (Å²) in [6.45, 7) is 4.19. The molecule has 0 aliphatic rings. The molecule has 0 aliphatic heterocycles. The largest absolute Gasteiger partial charge is 0.339 e. The van der Waals surface area contributed by atoms with Crippen molar-refractivity contribution in [1.29, 1.82) is 0 Å². The molecule has 2 rings (SSSR count). The fraction of sp³-hybridized carbons (Fsp3) is 0.250. The fourth-order valence-corrected chi connectivity index (χ4v) is 1.45. The first-order valence-corrected chi connectivity index (χ1v) is 5.64. The number of aromatic nitrogens is 2. The van der Waals surface area contributed by atoms with E-state index in [2.05, 4.69) is 20.8 Å². The van der Waals surface area contributed by atoms with Gasteiger partial charge >= 0.3 is 6.03 Å². The third kappa shape index (κ3) is 2.85. The van der Waals surface area contributed by atoms with Gasteiger partial charge in [-0.3, -0.25) is 0 Å². The highest BCUT2D eigenvalue weighted by atomic mass is 16.5. The lowest BCUT2D eigenvalue weighted by atomic mass is 10.2. The summed E-state index contributed by atoms with van der Waals surface area (Å²) in [6, 6.07) is 7.00. The van der Waals surface area contributed by atoms with Crippen molar-refractivity contribution in [2.45, 2.75) is 13.8 Å². The summed E-state index contributed by atoms with van der Waals surface area (Å²) in [4.78, 5) is 15.4. The van der Waals surface area contributed by atoms with E-state index in [-0.39, 0.29) is 6.03 Å². The van der Waals surface area contributed by atoms with Gasteiger partial charge in [0, 0.05) is 24.7 Å². The van der Waals surface area contributed by atoms with Crippen LogP contribution in [-0.2, 0) is 0 Å². The Morgan fingerprint density at radius 2 is 2.06 bits per heavy atom. The van der Waals surface area contributed by atoms with Gasteiger partial charge in [-0.1, -0.05) is 5.16 Å². The first-order valence-electron chi connectivity index (χ1n) is 5.64. The Labute approximate surface area is 104 Å². The zero-order valence-electron chi connectivity index (χ0n) is 10.2. The van der Waals surface area contributed by atoms with E-state index in [9.17, 15) is 4.79 Å². The van der Waals surface area contributed by atoms with Gasteiger partial charge in [0.25, 0.3) is 0 Å². The summed E-state index contributed by atoms with van der Waals surface area (Å²) in [5, 5.41) is 9.19. The first kappa shape index (κ1) is 12.1. The molecule has 1 heterocycles. The molecule has 18 heavy (non-hydrogen) atoms. The number of nitrogens with one attached hydrogen (secondary N) is 2. The summed E-state index contributed by atoms with van der Waals surface area (Å²) < 4.78 is 4.90. The number of nitrogens with zero attached hydrogens (tertiary/aromatic N) is 2. The van der Waals surface area contributed by atoms with E-state index in [1.54, 1.807) is 19.1 Å². The van der Waals surface area contributed by atoms with Gasteiger partial charge in [-0.2, -0.15) is 4.98 Å². The van der Waals surface area contributed by atoms with E-state index >= 15 is 0 Å². The van der Waals surface area contributed by atoms with Crippen LogP contribution in [0.3, 0.4) is 0 Å². The zero-order chi connectivity index (χ0) is 13.0. The van der Waals surface area contributed by atoms with Crippen LogP contribution in [0.4, 0.5) is 10.5 Å². The second-order valence-corrected chi connectivity index (χ2v) is 3.70. The van der Waals surface area contributed by atoms with Crippen molar-refractivity contribution in [3.63, 3.8) is 0 Å². The molecule has 0 fully saturated rings. The minimum atomic E-state index is -0.222. The number of hydrogen-bond donors (Lipinski definition) is 2. The molecule has 2 N–H and O–H groups in total. The highest BCUT2D eigenvalue weighted by Crippen LogP contribution is 2.18. The average Bonchev–Trinajstić information content (AvgIpc) is 2.77. The van der Waals surface area contributed by atoms with Gasteiger partial charge in [-0.15, -0.1) is 0 Å². The normalized spacial score (nSPS) is 10.1. The maximum absolute atomic E-state index is 11.3. The second kappa shape index (κ2) is 5.31. The van der Waals surface area contributed by atoms with Crippen molar-refractivity contribution in [1.82, 2.24) is 15.5 Å². The third-order valence-corrected chi connectivity index (χ3v) is 2.27. The molecule has 0 unspecified atom stereocenters. The maximum atomic E-state index is 11.3. The van der Waals surface area contributed by atoms with Crippen molar-refractivity contribution in [3.8, 4) is 11.4 Å². The molecule has 0 saturated carbocycles. The number of benzene rings is 1. The van der Waals surface area contributed by atoms with Crippen LogP contribution in [0.1, 0.15) is 12.8 Å². The van der Waals surface area contributed by atoms with Gasteiger partial charge in [-0.25, -0.2) is 4.79 Å². The van der Waals surface area contributed by atoms with Crippen molar-refractivity contribution in [3.05, 3.63) is 30.2 Å². The summed E-state index contributed by atoms with van der Waals surface area (Å²) in [6.07, 6.45) is 0. The molecule has 0 atom stereocenters. The molecule has 2 amide bonds. The average molecular weight is 246 g/mol.